The topological polar surface area (TPSA) is 24.7 Å². The van der Waals surface area contributed by atoms with E-state index in [9.17, 15) is 0 Å². The molecule has 2 nitrogen and oxygen atoms in total. The van der Waals surface area contributed by atoms with Crippen molar-refractivity contribution in [2.75, 3.05) is 0 Å². The molecule has 10 aromatic rings. The maximum Gasteiger partial charge on any atom is 0.160 e. The highest BCUT2D eigenvalue weighted by molar-refractivity contribution is 6.29. The number of rotatable bonds is 5. The zero-order valence-electron chi connectivity index (χ0n) is 35.4. The molecular formula is C61H44N2. The van der Waals surface area contributed by atoms with Gasteiger partial charge in [0.05, 0.1) is 11.4 Å². The lowest BCUT2D eigenvalue weighted by Gasteiger charge is -2.22. The van der Waals surface area contributed by atoms with Crippen LogP contribution in [0.15, 0.2) is 216 Å². The highest BCUT2D eigenvalue weighted by Crippen LogP contribution is 2.49. The molecule has 0 atom stereocenters. The van der Waals surface area contributed by atoms with Gasteiger partial charge in [0.1, 0.15) is 0 Å². The molecule has 1 aliphatic heterocycles. The monoisotopic (exact) mass is 804 g/mol. The number of allylic oxidation sites excluding steroid dienone is 1. The van der Waals surface area contributed by atoms with Crippen LogP contribution in [0.1, 0.15) is 54.5 Å². The maximum atomic E-state index is 5.65. The van der Waals surface area contributed by atoms with Gasteiger partial charge in [0, 0.05) is 11.0 Å². The lowest BCUT2D eigenvalue weighted by Crippen LogP contribution is -2.16. The van der Waals surface area contributed by atoms with Crippen molar-refractivity contribution in [2.45, 2.75) is 32.1 Å². The van der Waals surface area contributed by atoms with Crippen molar-refractivity contribution in [3.05, 3.63) is 234 Å². The summed E-state index contributed by atoms with van der Waals surface area (Å²) >= 11 is 0. The van der Waals surface area contributed by atoms with Crippen LogP contribution in [0.4, 0.5) is 0 Å². The molecule has 298 valence electrons. The Labute approximate surface area is 368 Å². The van der Waals surface area contributed by atoms with Gasteiger partial charge in [-0.05, 0) is 130 Å². The number of hydrogen-bond acceptors (Lipinski definition) is 2. The summed E-state index contributed by atoms with van der Waals surface area (Å²) in [7, 11) is 0. The molecule has 63 heavy (non-hydrogen) atoms. The van der Waals surface area contributed by atoms with Crippen LogP contribution in [0.25, 0.3) is 82.2 Å². The van der Waals surface area contributed by atoms with Crippen LogP contribution in [-0.4, -0.2) is 11.5 Å². The van der Waals surface area contributed by atoms with E-state index in [1.54, 1.807) is 0 Å². The van der Waals surface area contributed by atoms with Crippen LogP contribution < -0.4 is 0 Å². The molecule has 12 rings (SSSR count). The molecule has 0 bridgehead atoms. The highest BCUT2D eigenvalue weighted by Gasteiger charge is 2.35. The predicted molar refractivity (Wildman–Crippen MR) is 268 cm³/mol. The van der Waals surface area contributed by atoms with Crippen molar-refractivity contribution < 1.29 is 0 Å². The van der Waals surface area contributed by atoms with Crippen molar-refractivity contribution >= 4 is 60.3 Å². The average Bonchev–Trinajstić information content (AvgIpc) is 3.56. The largest absolute Gasteiger partial charge is 0.232 e. The van der Waals surface area contributed by atoms with Gasteiger partial charge in [-0.15, -0.1) is 0 Å². The Hall–Kier alpha value is -7.68. The second-order valence-corrected chi connectivity index (χ2v) is 17.6. The number of amidine groups is 1. The second-order valence-electron chi connectivity index (χ2n) is 17.6. The molecule has 10 aromatic carbocycles. The van der Waals surface area contributed by atoms with E-state index in [2.05, 4.69) is 220 Å². The zero-order chi connectivity index (χ0) is 42.1. The highest BCUT2D eigenvalue weighted by atomic mass is 14.9. The summed E-state index contributed by atoms with van der Waals surface area (Å²) in [6.07, 6.45) is 3.95. The van der Waals surface area contributed by atoms with Crippen LogP contribution in [0.2, 0.25) is 0 Å². The van der Waals surface area contributed by atoms with Gasteiger partial charge in [-0.2, -0.15) is 0 Å². The van der Waals surface area contributed by atoms with Gasteiger partial charge < -0.3 is 0 Å². The first-order valence-corrected chi connectivity index (χ1v) is 22.1. The van der Waals surface area contributed by atoms with Gasteiger partial charge >= 0.3 is 0 Å². The Morgan fingerprint density at radius 3 is 1.92 bits per heavy atom. The van der Waals surface area contributed by atoms with Gasteiger partial charge in [0.15, 0.2) is 5.84 Å². The number of hydrogen-bond donors (Lipinski definition) is 0. The SMILES string of the molecule is CC1(C)c2ccccc2-c2ccc(C3=NC(c4cc5ccccc5c5c4ccc4c(-c6ccc(-c7ccc8ccccc8c7)cc6)cccc45)=N/C(c4ccccc4)=C\CC3)cc21. The minimum absolute atomic E-state index is 0.102. The lowest BCUT2D eigenvalue weighted by atomic mass is 9.81. The summed E-state index contributed by atoms with van der Waals surface area (Å²) in [5, 5.41) is 9.71. The van der Waals surface area contributed by atoms with E-state index in [0.29, 0.717) is 0 Å². The minimum atomic E-state index is -0.102. The van der Waals surface area contributed by atoms with Crippen molar-refractivity contribution in [3.8, 4) is 33.4 Å². The summed E-state index contributed by atoms with van der Waals surface area (Å²) < 4.78 is 0. The fourth-order valence-electron chi connectivity index (χ4n) is 10.3. The number of aliphatic imine (C=N–C) groups is 2. The Kier molecular flexibility index (Phi) is 8.69. The Balaban J connectivity index is 1.03. The molecule has 0 amide bonds. The Morgan fingerprint density at radius 2 is 1.05 bits per heavy atom. The van der Waals surface area contributed by atoms with Gasteiger partial charge in [0.2, 0.25) is 0 Å². The van der Waals surface area contributed by atoms with Crippen molar-refractivity contribution in [1.29, 1.82) is 0 Å². The fraction of sp³-hybridized carbons (Fsp3) is 0.0820. The summed E-state index contributed by atoms with van der Waals surface area (Å²) in [4.78, 5) is 11.2. The Morgan fingerprint density at radius 1 is 0.381 bits per heavy atom. The molecule has 1 heterocycles. The van der Waals surface area contributed by atoms with Crippen LogP contribution in [0.3, 0.4) is 0 Å². The molecule has 0 unspecified atom stereocenters. The molecule has 0 spiro atoms. The van der Waals surface area contributed by atoms with Gasteiger partial charge in [-0.1, -0.05) is 202 Å². The van der Waals surface area contributed by atoms with E-state index in [1.807, 2.05) is 0 Å². The minimum Gasteiger partial charge on any atom is -0.232 e. The first kappa shape index (κ1) is 37.1. The van der Waals surface area contributed by atoms with Crippen molar-refractivity contribution in [3.63, 3.8) is 0 Å². The smallest absolute Gasteiger partial charge is 0.160 e. The van der Waals surface area contributed by atoms with E-state index in [-0.39, 0.29) is 5.41 Å². The summed E-state index contributed by atoms with van der Waals surface area (Å²) in [5.41, 5.74) is 15.4. The first-order valence-electron chi connectivity index (χ1n) is 22.1. The molecule has 0 saturated carbocycles. The standard InChI is InChI=1S/C61H44N2/c1-61(2)55-23-11-10-20-50(55)51-33-32-46(38-56(51)61)58-25-13-24-57(42-15-4-3-5-16-42)62-60(63-58)54-37-45-18-8-9-19-48(45)59-52-22-12-21-47(49(52)34-35-53(54)59)41-29-26-40(27-30-41)44-31-28-39-14-6-7-17-43(39)36-44/h3-12,14-24,26-38H,13,25H2,1-2H3/b57-24-,62-60?,63-58?. The fourth-order valence-corrected chi connectivity index (χ4v) is 10.3. The van der Waals surface area contributed by atoms with E-state index in [4.69, 9.17) is 9.98 Å². The quantitative estimate of drug-likeness (QED) is 0.155. The average molecular weight is 805 g/mol. The lowest BCUT2D eigenvalue weighted by molar-refractivity contribution is 0.660. The van der Waals surface area contributed by atoms with E-state index in [1.165, 1.54) is 82.2 Å². The molecule has 0 saturated heterocycles. The van der Waals surface area contributed by atoms with Crippen molar-refractivity contribution in [2.24, 2.45) is 9.98 Å². The maximum absolute atomic E-state index is 5.65. The van der Waals surface area contributed by atoms with Gasteiger partial charge in [0.25, 0.3) is 0 Å². The molecule has 0 aromatic heterocycles. The summed E-state index contributed by atoms with van der Waals surface area (Å²) in [5.74, 6) is 0.735. The Bertz CT molecular complexity index is 3570. The second kappa shape index (κ2) is 14.8. The van der Waals surface area contributed by atoms with Gasteiger partial charge in [-0.25, -0.2) is 9.98 Å². The van der Waals surface area contributed by atoms with Crippen LogP contribution in [-0.2, 0) is 5.41 Å². The molecule has 0 radical (unpaired) electrons. The van der Waals surface area contributed by atoms with E-state index in [0.717, 1.165) is 52.2 Å². The molecular weight excluding hydrogens is 761 g/mol. The van der Waals surface area contributed by atoms with Crippen LogP contribution in [0, 0.1) is 0 Å². The van der Waals surface area contributed by atoms with Gasteiger partial charge in [-0.3, -0.25) is 0 Å². The third-order valence-corrected chi connectivity index (χ3v) is 13.6. The first-order chi connectivity index (χ1) is 31.0. The van der Waals surface area contributed by atoms with Crippen LogP contribution in [0.5, 0.6) is 0 Å². The normalized spacial score (nSPS) is 15.3. The van der Waals surface area contributed by atoms with Crippen LogP contribution >= 0.6 is 0 Å². The molecule has 0 fully saturated rings. The number of fused-ring (bicyclic) bond motifs is 9. The molecule has 1 aliphatic carbocycles. The molecule has 2 heteroatoms. The third-order valence-electron chi connectivity index (χ3n) is 13.6. The summed E-state index contributed by atoms with van der Waals surface area (Å²) in [6, 6.07) is 73.2. The van der Waals surface area contributed by atoms with Crippen molar-refractivity contribution in [1.82, 2.24) is 0 Å². The van der Waals surface area contributed by atoms with E-state index >= 15 is 0 Å². The predicted octanol–water partition coefficient (Wildman–Crippen LogP) is 16.0. The zero-order valence-corrected chi connectivity index (χ0v) is 35.4. The summed E-state index contributed by atoms with van der Waals surface area (Å²) in [6.45, 7) is 4.70. The number of benzene rings is 10. The third kappa shape index (κ3) is 6.24. The number of nitrogens with zero attached hydrogens (tertiary/aromatic N) is 2. The molecule has 2 aliphatic rings. The van der Waals surface area contributed by atoms with E-state index < -0.39 is 0 Å². The molecule has 0 N–H and O–H groups in total.